The van der Waals surface area contributed by atoms with Gasteiger partial charge in [-0.1, -0.05) is 54.8 Å². The summed E-state index contributed by atoms with van der Waals surface area (Å²) < 4.78 is 27.3. The van der Waals surface area contributed by atoms with Crippen molar-refractivity contribution in [3.05, 3.63) is 86.8 Å². The summed E-state index contributed by atoms with van der Waals surface area (Å²) in [7, 11) is -3.53. The first-order valence-corrected chi connectivity index (χ1v) is 15.9. The van der Waals surface area contributed by atoms with Crippen LogP contribution in [-0.4, -0.2) is 48.5 Å². The molecule has 2 amide bonds. The summed E-state index contributed by atoms with van der Waals surface area (Å²) in [6, 6.07) is 12.4. The van der Waals surface area contributed by atoms with Gasteiger partial charge in [0.2, 0.25) is 10.0 Å². The van der Waals surface area contributed by atoms with Gasteiger partial charge in [-0.2, -0.15) is 0 Å². The van der Waals surface area contributed by atoms with Crippen molar-refractivity contribution in [2.75, 3.05) is 6.26 Å². The second-order valence-electron chi connectivity index (χ2n) is 9.86. The number of hydrogen-bond donors (Lipinski definition) is 2. The van der Waals surface area contributed by atoms with Gasteiger partial charge in [0.25, 0.3) is 11.8 Å². The average molecular weight is 589 g/mol. The highest BCUT2D eigenvalue weighted by molar-refractivity contribution is 7.88. The third kappa shape index (κ3) is 6.17. The first-order chi connectivity index (χ1) is 18.7. The van der Waals surface area contributed by atoms with Gasteiger partial charge in [-0.3, -0.25) is 14.4 Å². The highest BCUT2D eigenvalue weighted by Crippen LogP contribution is 2.46. The molecule has 0 spiro atoms. The second-order valence-corrected chi connectivity index (χ2v) is 12.8. The molecule has 1 saturated carbocycles. The van der Waals surface area contributed by atoms with E-state index in [2.05, 4.69) is 15.2 Å². The van der Waals surface area contributed by atoms with E-state index in [9.17, 15) is 18.0 Å². The molecule has 2 aromatic carbocycles. The Morgan fingerprint density at radius 2 is 1.90 bits per heavy atom. The van der Waals surface area contributed by atoms with Crippen molar-refractivity contribution < 1.29 is 22.8 Å². The number of sulfonamides is 1. The first kappa shape index (κ1) is 27.7. The Bertz CT molecular complexity index is 1430. The quantitative estimate of drug-likeness (QED) is 0.381. The van der Waals surface area contributed by atoms with Crippen LogP contribution < -0.4 is 10.2 Å². The number of aromatic nitrogens is 1. The van der Waals surface area contributed by atoms with Crippen LogP contribution in [0.3, 0.4) is 0 Å². The lowest BCUT2D eigenvalue weighted by atomic mass is 9.76. The molecule has 1 aromatic heterocycles. The maximum absolute atomic E-state index is 14.2. The van der Waals surface area contributed by atoms with Gasteiger partial charge in [0, 0.05) is 28.0 Å². The van der Waals surface area contributed by atoms with E-state index in [0.29, 0.717) is 40.2 Å². The highest BCUT2D eigenvalue weighted by Gasteiger charge is 2.49. The van der Waals surface area contributed by atoms with Crippen molar-refractivity contribution >= 4 is 44.8 Å². The predicted octanol–water partition coefficient (Wildman–Crippen LogP) is 4.19. The van der Waals surface area contributed by atoms with E-state index in [1.165, 1.54) is 11.3 Å². The Morgan fingerprint density at radius 3 is 2.62 bits per heavy atom. The van der Waals surface area contributed by atoms with Gasteiger partial charge in [-0.25, -0.2) is 23.6 Å². The van der Waals surface area contributed by atoms with Gasteiger partial charge in [0.05, 0.1) is 29.4 Å². The first-order valence-electron chi connectivity index (χ1n) is 12.7. The molecule has 0 saturated heterocycles. The fraction of sp³-hybridized carbons (Fsp3) is 0.370. The lowest BCUT2D eigenvalue weighted by Gasteiger charge is -2.49. The smallest absolute Gasteiger partial charge is 0.255 e. The van der Waals surface area contributed by atoms with E-state index >= 15 is 0 Å². The molecular formula is C27H29ClN4O5S2. The minimum Gasteiger partial charge on any atom is -0.326 e. The van der Waals surface area contributed by atoms with Crippen molar-refractivity contribution in [3.63, 3.8) is 0 Å². The van der Waals surface area contributed by atoms with Crippen molar-refractivity contribution in [1.29, 1.82) is 0 Å². The van der Waals surface area contributed by atoms with Crippen molar-refractivity contribution in [1.82, 2.24) is 20.1 Å². The van der Waals surface area contributed by atoms with Gasteiger partial charge < -0.3 is 4.90 Å². The summed E-state index contributed by atoms with van der Waals surface area (Å²) in [5, 5.41) is 2.35. The molecule has 2 heterocycles. The van der Waals surface area contributed by atoms with Crippen molar-refractivity contribution in [2.45, 2.75) is 56.3 Å². The number of thiazole rings is 1. The van der Waals surface area contributed by atoms with Crippen LogP contribution in [0.2, 0.25) is 5.02 Å². The number of hydrogen-bond acceptors (Lipinski definition) is 7. The predicted molar refractivity (Wildman–Crippen MR) is 149 cm³/mol. The standard InChI is InChI=1S/C27H29ClN4O5S2/c1-39(35,36)31-22-8-4-5-9-23(22)32-25(17-10-12-18(28)13-11-17)24(20-6-2-3-7-21(20)27(32)34)26(33)30-37-14-19-15-38-16-29-19/h2-3,6-7,10-13,15-16,22-25,31H,4-5,8-9,14H2,1H3,(H,30,33)/t22-,23-,24+,25-/m0/s1. The van der Waals surface area contributed by atoms with Crippen LogP contribution in [0.4, 0.5) is 0 Å². The number of hydroxylamine groups is 1. The fourth-order valence-electron chi connectivity index (χ4n) is 5.62. The molecule has 0 radical (unpaired) electrons. The molecule has 1 fully saturated rings. The molecule has 9 nitrogen and oxygen atoms in total. The lowest BCUT2D eigenvalue weighted by molar-refractivity contribution is -0.138. The summed E-state index contributed by atoms with van der Waals surface area (Å²) in [6.45, 7) is 0.0981. The Morgan fingerprint density at radius 1 is 1.15 bits per heavy atom. The summed E-state index contributed by atoms with van der Waals surface area (Å²) in [5.74, 6) is -1.49. The molecule has 1 aliphatic heterocycles. The molecule has 39 heavy (non-hydrogen) atoms. The average Bonchev–Trinajstić information content (AvgIpc) is 3.42. The maximum Gasteiger partial charge on any atom is 0.255 e. The molecule has 5 rings (SSSR count). The number of fused-ring (bicyclic) bond motifs is 1. The Balaban J connectivity index is 1.58. The Hall–Kier alpha value is -2.83. The molecule has 0 unspecified atom stereocenters. The molecule has 2 aliphatic rings. The normalized spacial score (nSPS) is 23.3. The van der Waals surface area contributed by atoms with E-state index in [4.69, 9.17) is 16.4 Å². The minimum atomic E-state index is -3.53. The SMILES string of the molecule is CS(=O)(=O)N[C@H]1CCCC[C@@H]1N1C(=O)c2ccccc2[C@@H](C(=O)NOCc2cscn2)[C@@H]1c1ccc(Cl)cc1. The van der Waals surface area contributed by atoms with Gasteiger partial charge in [-0.15, -0.1) is 11.3 Å². The van der Waals surface area contributed by atoms with Crippen LogP contribution in [0.5, 0.6) is 0 Å². The van der Waals surface area contributed by atoms with E-state index in [0.717, 1.165) is 19.1 Å². The van der Waals surface area contributed by atoms with Gasteiger partial charge in [0.15, 0.2) is 0 Å². The minimum absolute atomic E-state index is 0.0981. The van der Waals surface area contributed by atoms with Gasteiger partial charge >= 0.3 is 0 Å². The third-order valence-electron chi connectivity index (χ3n) is 7.20. The summed E-state index contributed by atoms with van der Waals surface area (Å²) in [5.41, 5.74) is 6.65. The van der Waals surface area contributed by atoms with Crippen molar-refractivity contribution in [3.8, 4) is 0 Å². The van der Waals surface area contributed by atoms with Gasteiger partial charge in [-0.05, 0) is 42.2 Å². The van der Waals surface area contributed by atoms with Crippen LogP contribution >= 0.6 is 22.9 Å². The Labute approximate surface area is 236 Å². The molecule has 3 aromatic rings. The maximum atomic E-state index is 14.2. The summed E-state index contributed by atoms with van der Waals surface area (Å²) >= 11 is 7.62. The van der Waals surface area contributed by atoms with E-state index in [1.54, 1.807) is 58.9 Å². The van der Waals surface area contributed by atoms with E-state index in [-0.39, 0.29) is 12.5 Å². The van der Waals surface area contributed by atoms with Crippen molar-refractivity contribution in [2.24, 2.45) is 0 Å². The van der Waals surface area contributed by atoms with Crippen LogP contribution in [0, 0.1) is 0 Å². The number of carbonyl (C=O) groups is 2. The monoisotopic (exact) mass is 588 g/mol. The molecule has 2 N–H and O–H groups in total. The number of amides is 2. The number of halogens is 1. The van der Waals surface area contributed by atoms with Crippen LogP contribution in [-0.2, 0) is 26.3 Å². The fourth-order valence-corrected chi connectivity index (χ4v) is 7.12. The van der Waals surface area contributed by atoms with Crippen LogP contribution in [0.1, 0.15) is 64.8 Å². The molecular weight excluding hydrogens is 560 g/mol. The second kappa shape index (κ2) is 11.7. The number of benzene rings is 2. The zero-order valence-electron chi connectivity index (χ0n) is 21.2. The molecule has 12 heteroatoms. The van der Waals surface area contributed by atoms with Gasteiger partial charge in [0.1, 0.15) is 6.61 Å². The number of nitrogens with zero attached hydrogens (tertiary/aromatic N) is 2. The topological polar surface area (TPSA) is 118 Å². The Kier molecular flexibility index (Phi) is 8.34. The number of rotatable bonds is 8. The molecule has 4 atom stereocenters. The molecule has 206 valence electrons. The van der Waals surface area contributed by atoms with Crippen LogP contribution in [0.25, 0.3) is 0 Å². The van der Waals surface area contributed by atoms with Crippen LogP contribution in [0.15, 0.2) is 59.4 Å². The zero-order chi connectivity index (χ0) is 27.6. The summed E-state index contributed by atoms with van der Waals surface area (Å²) in [4.78, 5) is 39.4. The third-order valence-corrected chi connectivity index (χ3v) is 8.82. The largest absolute Gasteiger partial charge is 0.326 e. The summed E-state index contributed by atoms with van der Waals surface area (Å²) in [6.07, 6.45) is 3.98. The lowest BCUT2D eigenvalue weighted by Crippen LogP contribution is -2.59. The zero-order valence-corrected chi connectivity index (χ0v) is 23.6. The number of carbonyl (C=O) groups excluding carboxylic acids is 2. The highest BCUT2D eigenvalue weighted by atomic mass is 35.5. The van der Waals surface area contributed by atoms with E-state index < -0.39 is 40.0 Å². The molecule has 0 bridgehead atoms. The van der Waals surface area contributed by atoms with E-state index in [1.807, 2.05) is 5.38 Å². The number of nitrogens with one attached hydrogen (secondary N) is 2. The molecule has 1 aliphatic carbocycles.